The van der Waals surface area contributed by atoms with Crippen LogP contribution in [0.15, 0.2) is 53.1 Å². The van der Waals surface area contributed by atoms with Gasteiger partial charge in [0.2, 0.25) is 11.6 Å². The number of rotatable bonds is 6. The summed E-state index contributed by atoms with van der Waals surface area (Å²) >= 11 is 0. The van der Waals surface area contributed by atoms with Crippen molar-refractivity contribution in [2.45, 2.75) is 19.9 Å². The third kappa shape index (κ3) is 3.27. The van der Waals surface area contributed by atoms with E-state index < -0.39 is 5.91 Å². The Hall–Kier alpha value is -3.81. The molecule has 140 valence electrons. The number of carbonyl (C=O) groups is 1. The zero-order valence-corrected chi connectivity index (χ0v) is 15.2. The number of amides is 1. The molecule has 8 nitrogen and oxygen atoms in total. The fourth-order valence-corrected chi connectivity index (χ4v) is 2.93. The Labute approximate surface area is 160 Å². The van der Waals surface area contributed by atoms with Gasteiger partial charge in [-0.2, -0.15) is 0 Å². The second-order valence-electron chi connectivity index (χ2n) is 6.20. The molecular weight excluding hydrogens is 356 g/mol. The van der Waals surface area contributed by atoms with E-state index in [1.54, 1.807) is 18.2 Å². The number of nitrogens with zero attached hydrogens (tertiary/aromatic N) is 4. The highest BCUT2D eigenvalue weighted by Crippen LogP contribution is 2.29. The number of benzene rings is 2. The van der Waals surface area contributed by atoms with Gasteiger partial charge in [-0.1, -0.05) is 48.5 Å². The third-order valence-electron chi connectivity index (χ3n) is 4.37. The minimum atomic E-state index is -0.573. The van der Waals surface area contributed by atoms with Gasteiger partial charge in [-0.3, -0.25) is 4.79 Å². The van der Waals surface area contributed by atoms with Crippen LogP contribution < -0.4 is 11.1 Å². The lowest BCUT2D eigenvalue weighted by Crippen LogP contribution is -2.11. The molecule has 0 radical (unpaired) electrons. The molecule has 2 heterocycles. The fraction of sp³-hybridized carbons (Fsp3) is 0.150. The molecule has 2 aromatic carbocycles. The molecule has 4 rings (SSSR count). The first-order chi connectivity index (χ1) is 13.7. The summed E-state index contributed by atoms with van der Waals surface area (Å²) in [4.78, 5) is 16.2. The van der Waals surface area contributed by atoms with Crippen LogP contribution in [0.5, 0.6) is 0 Å². The van der Waals surface area contributed by atoms with Crippen LogP contribution in [-0.4, -0.2) is 26.2 Å². The van der Waals surface area contributed by atoms with E-state index in [2.05, 4.69) is 25.7 Å². The number of nitrogens with two attached hydrogens (primary N) is 1. The van der Waals surface area contributed by atoms with Gasteiger partial charge < -0.3 is 15.6 Å². The number of nitrogens with one attached hydrogen (secondary N) is 1. The molecule has 0 unspecified atom stereocenters. The summed E-state index contributed by atoms with van der Waals surface area (Å²) in [6.07, 6.45) is 0.681. The molecule has 0 aliphatic carbocycles. The molecule has 4 aromatic rings. The maximum atomic E-state index is 11.6. The number of fused-ring (bicyclic) bond motifs is 1. The van der Waals surface area contributed by atoms with Crippen molar-refractivity contribution in [2.75, 3.05) is 5.32 Å². The Balaban J connectivity index is 1.72. The van der Waals surface area contributed by atoms with Crippen molar-refractivity contribution < 1.29 is 9.32 Å². The fourth-order valence-electron chi connectivity index (χ4n) is 2.93. The number of anilines is 1. The predicted octanol–water partition coefficient (Wildman–Crippen LogP) is 2.95. The lowest BCUT2D eigenvalue weighted by molar-refractivity contribution is 0.100. The summed E-state index contributed by atoms with van der Waals surface area (Å²) in [6, 6.07) is 15.1. The van der Waals surface area contributed by atoms with Crippen molar-refractivity contribution in [3.8, 4) is 11.6 Å². The van der Waals surface area contributed by atoms with Crippen LogP contribution in [0.1, 0.15) is 28.5 Å². The lowest BCUT2D eigenvalue weighted by atomic mass is 10.1. The molecule has 0 aliphatic heterocycles. The van der Waals surface area contributed by atoms with E-state index in [-0.39, 0.29) is 11.4 Å². The number of carbonyl (C=O) groups excluding carboxylic acids is 1. The van der Waals surface area contributed by atoms with Crippen molar-refractivity contribution in [1.29, 1.82) is 0 Å². The highest BCUT2D eigenvalue weighted by atomic mass is 16.5. The molecule has 0 spiro atoms. The second-order valence-corrected chi connectivity index (χ2v) is 6.20. The molecule has 8 heteroatoms. The van der Waals surface area contributed by atoms with Crippen LogP contribution in [-0.2, 0) is 13.0 Å². The Morgan fingerprint density at radius 3 is 2.68 bits per heavy atom. The third-order valence-corrected chi connectivity index (χ3v) is 4.37. The summed E-state index contributed by atoms with van der Waals surface area (Å²) < 4.78 is 5.43. The van der Waals surface area contributed by atoms with Crippen LogP contribution >= 0.6 is 0 Å². The SMILES string of the molecule is CCc1nnc(-c2onc3c(C(N)=O)cccc23)nc1NCc1ccccc1. The van der Waals surface area contributed by atoms with Crippen molar-refractivity contribution in [3.63, 3.8) is 0 Å². The molecule has 0 atom stereocenters. The summed E-state index contributed by atoms with van der Waals surface area (Å²) in [5.74, 6) is 0.691. The molecule has 0 saturated carbocycles. The predicted molar refractivity (Wildman–Crippen MR) is 104 cm³/mol. The lowest BCUT2D eigenvalue weighted by Gasteiger charge is -2.09. The Bertz CT molecular complexity index is 1140. The van der Waals surface area contributed by atoms with Gasteiger partial charge in [-0.25, -0.2) is 4.98 Å². The van der Waals surface area contributed by atoms with Gasteiger partial charge in [-0.15, -0.1) is 10.2 Å². The molecule has 3 N–H and O–H groups in total. The minimum Gasteiger partial charge on any atom is -0.366 e. The maximum Gasteiger partial charge on any atom is 0.251 e. The van der Waals surface area contributed by atoms with Gasteiger partial charge in [0.25, 0.3) is 5.91 Å². The van der Waals surface area contributed by atoms with Gasteiger partial charge in [-0.05, 0) is 24.1 Å². The average Bonchev–Trinajstić information content (AvgIpc) is 3.17. The van der Waals surface area contributed by atoms with Crippen molar-refractivity contribution in [3.05, 3.63) is 65.4 Å². The normalized spacial score (nSPS) is 10.9. The first kappa shape index (κ1) is 17.6. The highest BCUT2D eigenvalue weighted by molar-refractivity contribution is 6.07. The number of aromatic nitrogens is 4. The number of hydrogen-bond acceptors (Lipinski definition) is 7. The highest BCUT2D eigenvalue weighted by Gasteiger charge is 2.19. The zero-order chi connectivity index (χ0) is 19.5. The summed E-state index contributed by atoms with van der Waals surface area (Å²) in [7, 11) is 0. The molecule has 1 amide bonds. The van der Waals surface area contributed by atoms with Gasteiger partial charge in [0.1, 0.15) is 11.2 Å². The van der Waals surface area contributed by atoms with E-state index in [9.17, 15) is 4.79 Å². The topological polar surface area (TPSA) is 120 Å². The first-order valence-corrected chi connectivity index (χ1v) is 8.87. The summed E-state index contributed by atoms with van der Waals surface area (Å²) in [5.41, 5.74) is 7.95. The van der Waals surface area contributed by atoms with Crippen LogP contribution in [0.3, 0.4) is 0 Å². The van der Waals surface area contributed by atoms with E-state index >= 15 is 0 Å². The molecular formula is C20H18N6O2. The van der Waals surface area contributed by atoms with Crippen LogP contribution in [0.4, 0.5) is 5.82 Å². The largest absolute Gasteiger partial charge is 0.366 e. The molecule has 0 bridgehead atoms. The van der Waals surface area contributed by atoms with E-state index in [1.807, 2.05) is 37.3 Å². The smallest absolute Gasteiger partial charge is 0.251 e. The van der Waals surface area contributed by atoms with Gasteiger partial charge in [0, 0.05) is 6.54 Å². The number of aryl methyl sites for hydroxylation is 1. The van der Waals surface area contributed by atoms with Gasteiger partial charge in [0.15, 0.2) is 5.82 Å². The summed E-state index contributed by atoms with van der Waals surface area (Å²) in [5, 5.41) is 16.4. The van der Waals surface area contributed by atoms with Crippen LogP contribution in [0.2, 0.25) is 0 Å². The Kier molecular flexibility index (Phi) is 4.67. The van der Waals surface area contributed by atoms with Gasteiger partial charge >= 0.3 is 0 Å². The van der Waals surface area contributed by atoms with Crippen LogP contribution in [0.25, 0.3) is 22.5 Å². The van der Waals surface area contributed by atoms with Gasteiger partial charge in [0.05, 0.1) is 10.9 Å². The van der Waals surface area contributed by atoms with Crippen molar-refractivity contribution >= 4 is 22.6 Å². The molecule has 2 aromatic heterocycles. The Morgan fingerprint density at radius 1 is 1.11 bits per heavy atom. The van der Waals surface area contributed by atoms with E-state index in [0.29, 0.717) is 35.4 Å². The molecule has 28 heavy (non-hydrogen) atoms. The molecule has 0 aliphatic rings. The quantitative estimate of drug-likeness (QED) is 0.532. The van der Waals surface area contributed by atoms with E-state index in [1.165, 1.54) is 0 Å². The monoisotopic (exact) mass is 374 g/mol. The second kappa shape index (κ2) is 7.43. The maximum absolute atomic E-state index is 11.6. The van der Waals surface area contributed by atoms with Crippen molar-refractivity contribution in [2.24, 2.45) is 5.73 Å². The molecule has 0 fully saturated rings. The average molecular weight is 374 g/mol. The van der Waals surface area contributed by atoms with E-state index in [0.717, 1.165) is 11.3 Å². The summed E-state index contributed by atoms with van der Waals surface area (Å²) in [6.45, 7) is 2.59. The zero-order valence-electron chi connectivity index (χ0n) is 15.2. The molecule has 0 saturated heterocycles. The Morgan fingerprint density at radius 2 is 1.93 bits per heavy atom. The van der Waals surface area contributed by atoms with Crippen molar-refractivity contribution in [1.82, 2.24) is 20.3 Å². The van der Waals surface area contributed by atoms with Crippen LogP contribution in [0, 0.1) is 0 Å². The van der Waals surface area contributed by atoms with E-state index in [4.69, 9.17) is 10.3 Å². The number of primary amides is 1. The minimum absolute atomic E-state index is 0.285. The first-order valence-electron chi connectivity index (χ1n) is 8.87. The standard InChI is InChI=1S/C20H18N6O2/c1-2-15-19(22-11-12-7-4-3-5-8-12)23-20(25-24-15)17-13-9-6-10-14(18(21)27)16(13)26-28-17/h3-10H,2,11H2,1H3,(H2,21,27)(H,22,23,25). The number of hydrogen-bond donors (Lipinski definition) is 2.